The summed E-state index contributed by atoms with van der Waals surface area (Å²) in [5, 5.41) is 3.08. The van der Waals surface area contributed by atoms with Crippen molar-refractivity contribution < 1.29 is 4.79 Å². The van der Waals surface area contributed by atoms with Gasteiger partial charge in [0, 0.05) is 18.6 Å². The maximum Gasteiger partial charge on any atom is 0.274 e. The molecule has 1 saturated heterocycles. The zero-order valence-electron chi connectivity index (χ0n) is 11.9. The lowest BCUT2D eigenvalue weighted by atomic mass is 9.97. The van der Waals surface area contributed by atoms with Crippen LogP contribution in [0.4, 0.5) is 5.82 Å². The Morgan fingerprint density at radius 2 is 2.05 bits per heavy atom. The van der Waals surface area contributed by atoms with Gasteiger partial charge in [-0.3, -0.25) is 9.78 Å². The topological polar surface area (TPSA) is 58.1 Å². The van der Waals surface area contributed by atoms with Crippen molar-refractivity contribution in [2.75, 3.05) is 11.9 Å². The number of likely N-dealkylation sites (tertiary alicyclic amines) is 1. The van der Waals surface area contributed by atoms with Gasteiger partial charge >= 0.3 is 0 Å². The standard InChI is InChI=1S/C14H22N4O/c1-4-16-13-9-15-8-12(17-13)14(19)18-10(2)6-5-7-11(18)3/h8-11H,4-7H2,1-3H3,(H,16,17)/t10-,11+. The Hall–Kier alpha value is -1.65. The van der Waals surface area contributed by atoms with Crippen LogP contribution in [0.25, 0.3) is 0 Å². The first-order chi connectivity index (χ1) is 9.13. The van der Waals surface area contributed by atoms with Gasteiger partial charge in [-0.15, -0.1) is 0 Å². The summed E-state index contributed by atoms with van der Waals surface area (Å²) in [6, 6.07) is 0.557. The van der Waals surface area contributed by atoms with E-state index in [9.17, 15) is 4.79 Å². The Labute approximate surface area is 114 Å². The second-order valence-electron chi connectivity index (χ2n) is 5.16. The predicted molar refractivity (Wildman–Crippen MR) is 75.1 cm³/mol. The molecule has 5 heteroatoms. The molecule has 0 radical (unpaired) electrons. The first-order valence-corrected chi connectivity index (χ1v) is 7.02. The Balaban J connectivity index is 2.20. The van der Waals surface area contributed by atoms with Gasteiger partial charge in [-0.2, -0.15) is 0 Å². The van der Waals surface area contributed by atoms with Crippen LogP contribution in [0.1, 0.15) is 50.5 Å². The Bertz CT molecular complexity index is 439. The van der Waals surface area contributed by atoms with Crippen LogP contribution in [-0.4, -0.2) is 39.4 Å². The summed E-state index contributed by atoms with van der Waals surface area (Å²) in [5.41, 5.74) is 0.430. The third kappa shape index (κ3) is 3.03. The molecule has 1 N–H and O–H groups in total. The second kappa shape index (κ2) is 5.99. The zero-order chi connectivity index (χ0) is 13.8. The predicted octanol–water partition coefficient (Wildman–Crippen LogP) is 2.31. The molecule has 0 saturated carbocycles. The van der Waals surface area contributed by atoms with Crippen molar-refractivity contribution in [3.05, 3.63) is 18.1 Å². The molecular formula is C14H22N4O. The van der Waals surface area contributed by atoms with Crippen LogP contribution in [-0.2, 0) is 0 Å². The second-order valence-corrected chi connectivity index (χ2v) is 5.16. The molecule has 0 aromatic carbocycles. The summed E-state index contributed by atoms with van der Waals surface area (Å²) in [6.07, 6.45) is 6.52. The van der Waals surface area contributed by atoms with E-state index in [1.165, 1.54) is 6.42 Å². The number of anilines is 1. The quantitative estimate of drug-likeness (QED) is 0.908. The number of piperidine rings is 1. The van der Waals surface area contributed by atoms with Crippen LogP contribution in [0.3, 0.4) is 0 Å². The Kier molecular flexibility index (Phi) is 4.35. The third-order valence-electron chi connectivity index (χ3n) is 3.64. The largest absolute Gasteiger partial charge is 0.369 e. The number of nitrogens with one attached hydrogen (secondary N) is 1. The molecular weight excluding hydrogens is 240 g/mol. The van der Waals surface area contributed by atoms with Crippen molar-refractivity contribution in [2.24, 2.45) is 0 Å². The normalized spacial score (nSPS) is 23.2. The summed E-state index contributed by atoms with van der Waals surface area (Å²) in [4.78, 5) is 23.0. The molecule has 19 heavy (non-hydrogen) atoms. The van der Waals surface area contributed by atoms with Crippen LogP contribution >= 0.6 is 0 Å². The lowest BCUT2D eigenvalue weighted by Crippen LogP contribution is -2.47. The molecule has 1 aliphatic heterocycles. The van der Waals surface area contributed by atoms with E-state index in [1.807, 2.05) is 11.8 Å². The average molecular weight is 262 g/mol. The maximum atomic E-state index is 12.6. The van der Waals surface area contributed by atoms with Gasteiger partial charge in [0.15, 0.2) is 0 Å². The van der Waals surface area contributed by atoms with Crippen LogP contribution < -0.4 is 5.32 Å². The third-order valence-corrected chi connectivity index (χ3v) is 3.64. The highest BCUT2D eigenvalue weighted by molar-refractivity contribution is 5.92. The summed E-state index contributed by atoms with van der Waals surface area (Å²) in [6.45, 7) is 6.97. The molecule has 1 aromatic rings. The van der Waals surface area contributed by atoms with Gasteiger partial charge in [0.05, 0.1) is 12.4 Å². The van der Waals surface area contributed by atoms with Gasteiger partial charge in [0.2, 0.25) is 0 Å². The molecule has 2 atom stereocenters. The molecule has 1 fully saturated rings. The number of carbonyl (C=O) groups is 1. The Morgan fingerprint density at radius 1 is 1.37 bits per heavy atom. The van der Waals surface area contributed by atoms with E-state index in [0.29, 0.717) is 11.5 Å². The lowest BCUT2D eigenvalue weighted by molar-refractivity contribution is 0.0504. The molecule has 2 heterocycles. The molecule has 0 unspecified atom stereocenters. The molecule has 0 spiro atoms. The summed E-state index contributed by atoms with van der Waals surface area (Å²) in [7, 11) is 0. The van der Waals surface area contributed by atoms with E-state index < -0.39 is 0 Å². The fraction of sp³-hybridized carbons (Fsp3) is 0.643. The number of amides is 1. The number of hydrogen-bond acceptors (Lipinski definition) is 4. The zero-order valence-corrected chi connectivity index (χ0v) is 11.9. The van der Waals surface area contributed by atoms with Crippen molar-refractivity contribution >= 4 is 11.7 Å². The number of rotatable bonds is 3. The number of carbonyl (C=O) groups excluding carboxylic acids is 1. The van der Waals surface area contributed by atoms with E-state index >= 15 is 0 Å². The molecule has 1 aromatic heterocycles. The van der Waals surface area contributed by atoms with Crippen molar-refractivity contribution in [3.8, 4) is 0 Å². The Morgan fingerprint density at radius 3 is 2.68 bits per heavy atom. The van der Waals surface area contributed by atoms with Crippen LogP contribution in [0.2, 0.25) is 0 Å². The van der Waals surface area contributed by atoms with Crippen LogP contribution in [0.15, 0.2) is 12.4 Å². The molecule has 5 nitrogen and oxygen atoms in total. The molecule has 2 rings (SSSR count). The number of aromatic nitrogens is 2. The van der Waals surface area contributed by atoms with Gasteiger partial charge in [0.25, 0.3) is 5.91 Å². The van der Waals surface area contributed by atoms with E-state index in [2.05, 4.69) is 29.1 Å². The minimum absolute atomic E-state index is 0.00745. The minimum Gasteiger partial charge on any atom is -0.369 e. The molecule has 0 aliphatic carbocycles. The summed E-state index contributed by atoms with van der Waals surface area (Å²) >= 11 is 0. The van der Waals surface area contributed by atoms with Crippen molar-refractivity contribution in [1.82, 2.24) is 14.9 Å². The first kappa shape index (κ1) is 13.8. The van der Waals surface area contributed by atoms with Gasteiger partial charge in [-0.25, -0.2) is 4.98 Å². The smallest absolute Gasteiger partial charge is 0.274 e. The lowest BCUT2D eigenvalue weighted by Gasteiger charge is -2.38. The van der Waals surface area contributed by atoms with Crippen LogP contribution in [0, 0.1) is 0 Å². The average Bonchev–Trinajstić information content (AvgIpc) is 2.39. The SMILES string of the molecule is CCNc1cncc(C(=O)N2[C@H](C)CCC[C@@H]2C)n1. The highest BCUT2D eigenvalue weighted by Gasteiger charge is 2.30. The molecule has 0 bridgehead atoms. The highest BCUT2D eigenvalue weighted by Crippen LogP contribution is 2.24. The van der Waals surface area contributed by atoms with Gasteiger partial charge in [-0.05, 0) is 40.0 Å². The fourth-order valence-corrected chi connectivity index (χ4v) is 2.69. The molecule has 104 valence electrons. The molecule has 1 aliphatic rings. The molecule has 1 amide bonds. The van der Waals surface area contributed by atoms with Crippen molar-refractivity contribution in [3.63, 3.8) is 0 Å². The maximum absolute atomic E-state index is 12.6. The van der Waals surface area contributed by atoms with Gasteiger partial charge < -0.3 is 10.2 Å². The highest BCUT2D eigenvalue weighted by atomic mass is 16.2. The first-order valence-electron chi connectivity index (χ1n) is 7.02. The van der Waals surface area contributed by atoms with Gasteiger partial charge in [-0.1, -0.05) is 0 Å². The van der Waals surface area contributed by atoms with Crippen molar-refractivity contribution in [1.29, 1.82) is 0 Å². The van der Waals surface area contributed by atoms with E-state index in [0.717, 1.165) is 19.4 Å². The number of hydrogen-bond donors (Lipinski definition) is 1. The van der Waals surface area contributed by atoms with E-state index in [1.54, 1.807) is 12.4 Å². The number of nitrogens with zero attached hydrogens (tertiary/aromatic N) is 3. The van der Waals surface area contributed by atoms with Crippen molar-refractivity contribution in [2.45, 2.75) is 52.1 Å². The van der Waals surface area contributed by atoms with Crippen LogP contribution in [0.5, 0.6) is 0 Å². The fourth-order valence-electron chi connectivity index (χ4n) is 2.69. The van der Waals surface area contributed by atoms with E-state index in [4.69, 9.17) is 0 Å². The summed E-state index contributed by atoms with van der Waals surface area (Å²) in [5.74, 6) is 0.651. The van der Waals surface area contributed by atoms with E-state index in [-0.39, 0.29) is 18.0 Å². The summed E-state index contributed by atoms with van der Waals surface area (Å²) < 4.78 is 0. The monoisotopic (exact) mass is 262 g/mol. The van der Waals surface area contributed by atoms with Gasteiger partial charge in [0.1, 0.15) is 11.5 Å². The minimum atomic E-state index is -0.00745.